The van der Waals surface area contributed by atoms with Crippen molar-refractivity contribution >= 4 is 34.7 Å². The lowest BCUT2D eigenvalue weighted by Crippen LogP contribution is -2.09. The predicted octanol–water partition coefficient (Wildman–Crippen LogP) is 5.12. The molecule has 0 aliphatic carbocycles. The van der Waals surface area contributed by atoms with E-state index in [9.17, 15) is 14.4 Å². The van der Waals surface area contributed by atoms with Crippen LogP contribution in [0.1, 0.15) is 0 Å². The van der Waals surface area contributed by atoms with Gasteiger partial charge in [0.1, 0.15) is 5.76 Å². The van der Waals surface area contributed by atoms with E-state index in [4.69, 9.17) is 4.42 Å². The number of furan rings is 1. The molecule has 3 aromatic carbocycles. The van der Waals surface area contributed by atoms with Gasteiger partial charge in [-0.05, 0) is 46.7 Å². The fourth-order valence-corrected chi connectivity index (χ4v) is 4.14. The quantitative estimate of drug-likeness (QED) is 0.410. The lowest BCUT2D eigenvalue weighted by Gasteiger charge is -2.13. The molecule has 0 aliphatic heterocycles. The highest BCUT2D eigenvalue weighted by atomic mass is 31.2. The summed E-state index contributed by atoms with van der Waals surface area (Å²) in [5, 5.41) is 2.89. The molecule has 2 heterocycles. The molecule has 0 unspecified atom stereocenters. The van der Waals surface area contributed by atoms with E-state index in [2.05, 4.69) is 4.98 Å². The van der Waals surface area contributed by atoms with Gasteiger partial charge in [0.15, 0.2) is 5.44 Å². The first kappa shape index (κ1) is 17.8. The van der Waals surface area contributed by atoms with Gasteiger partial charge in [-0.25, -0.2) is 4.98 Å². The summed E-state index contributed by atoms with van der Waals surface area (Å²) >= 11 is 0. The molecule has 0 saturated carbocycles. The maximum atomic E-state index is 11.8. The predicted molar refractivity (Wildman–Crippen MR) is 114 cm³/mol. The number of pyridine rings is 1. The minimum Gasteiger partial charge on any atom is -0.464 e. The average Bonchev–Trinajstić information content (AvgIpc) is 3.26. The third-order valence-corrected chi connectivity index (χ3v) is 5.81. The van der Waals surface area contributed by atoms with Crippen LogP contribution in [-0.2, 0) is 4.57 Å². The van der Waals surface area contributed by atoms with E-state index >= 15 is 0 Å². The molecule has 0 bridgehead atoms. The Morgan fingerprint density at radius 3 is 2.41 bits per heavy atom. The van der Waals surface area contributed by atoms with Gasteiger partial charge in [-0.15, -0.1) is 0 Å². The van der Waals surface area contributed by atoms with E-state index in [1.54, 1.807) is 12.3 Å². The lowest BCUT2D eigenvalue weighted by atomic mass is 9.94. The Kier molecular flexibility index (Phi) is 4.10. The molecule has 0 atom stereocenters. The molecule has 29 heavy (non-hydrogen) atoms. The zero-order chi connectivity index (χ0) is 20.0. The number of nitrogens with zero attached hydrogens (tertiary/aromatic N) is 1. The van der Waals surface area contributed by atoms with Crippen molar-refractivity contribution in [2.24, 2.45) is 0 Å². The van der Waals surface area contributed by atoms with Crippen molar-refractivity contribution in [3.63, 3.8) is 0 Å². The summed E-state index contributed by atoms with van der Waals surface area (Å²) in [6.07, 6.45) is 1.62. The zero-order valence-corrected chi connectivity index (χ0v) is 16.1. The van der Waals surface area contributed by atoms with Crippen molar-refractivity contribution in [3.05, 3.63) is 85.1 Å². The van der Waals surface area contributed by atoms with E-state index < -0.39 is 7.60 Å². The molecule has 5 rings (SSSR count). The molecule has 0 amide bonds. The van der Waals surface area contributed by atoms with Crippen LogP contribution in [0.5, 0.6) is 0 Å². The third-order valence-electron chi connectivity index (χ3n) is 4.96. The second-order valence-electron chi connectivity index (χ2n) is 6.81. The zero-order valence-electron chi connectivity index (χ0n) is 15.2. The van der Waals surface area contributed by atoms with Crippen LogP contribution >= 0.6 is 7.60 Å². The Morgan fingerprint density at radius 1 is 0.793 bits per heavy atom. The van der Waals surface area contributed by atoms with Crippen LogP contribution in [0.25, 0.3) is 44.1 Å². The van der Waals surface area contributed by atoms with Crippen LogP contribution in [0, 0.1) is 0 Å². The number of hydrogen-bond donors (Lipinski definition) is 2. The molecule has 0 aliphatic rings. The summed E-state index contributed by atoms with van der Waals surface area (Å²) in [4.78, 5) is 23.6. The first-order valence-corrected chi connectivity index (χ1v) is 10.6. The van der Waals surface area contributed by atoms with E-state index in [0.29, 0.717) is 11.3 Å². The first-order valence-electron chi connectivity index (χ1n) is 9.04. The maximum Gasteiger partial charge on any atom is 0.374 e. The second kappa shape index (κ2) is 6.68. The van der Waals surface area contributed by atoms with Gasteiger partial charge in [0.05, 0.1) is 11.8 Å². The van der Waals surface area contributed by atoms with E-state index in [1.165, 1.54) is 6.07 Å². The molecule has 5 aromatic rings. The Bertz CT molecular complexity index is 1400. The summed E-state index contributed by atoms with van der Waals surface area (Å²) in [5.41, 5.74) is 2.91. The van der Waals surface area contributed by atoms with Crippen molar-refractivity contribution in [1.29, 1.82) is 0 Å². The Labute approximate surface area is 166 Å². The first-order chi connectivity index (χ1) is 14.0. The Hall–Kier alpha value is -3.24. The SMILES string of the molecule is O=P(O)(O)c1ccc2cc(-c3ccco3)cc(-c3cccc4ccccc34)c2n1. The van der Waals surface area contributed by atoms with Gasteiger partial charge in [0, 0.05) is 16.5 Å². The number of hydrogen-bond acceptors (Lipinski definition) is 3. The van der Waals surface area contributed by atoms with Crippen LogP contribution < -0.4 is 5.44 Å². The number of aromatic nitrogens is 1. The van der Waals surface area contributed by atoms with Crippen molar-refractivity contribution in [1.82, 2.24) is 4.98 Å². The highest BCUT2D eigenvalue weighted by Crippen LogP contribution is 2.38. The second-order valence-corrected chi connectivity index (χ2v) is 8.36. The van der Waals surface area contributed by atoms with Crippen molar-refractivity contribution in [2.45, 2.75) is 0 Å². The van der Waals surface area contributed by atoms with E-state index in [1.807, 2.05) is 66.7 Å². The molecule has 0 fully saturated rings. The maximum absolute atomic E-state index is 11.8. The van der Waals surface area contributed by atoms with Gasteiger partial charge >= 0.3 is 7.60 Å². The number of fused-ring (bicyclic) bond motifs is 2. The van der Waals surface area contributed by atoms with Crippen LogP contribution in [0.15, 0.2) is 89.5 Å². The summed E-state index contributed by atoms with van der Waals surface area (Å²) in [5.74, 6) is 0.715. The molecule has 0 spiro atoms. The minimum absolute atomic E-state index is 0.239. The standard InChI is InChI=1S/C23H16NO4P/c25-29(26,27)22-11-10-16-13-17(21-9-4-12-28-21)14-20(23(16)24-22)19-8-3-6-15-5-1-2-7-18(15)19/h1-14H,(H2,25,26,27). The summed E-state index contributed by atoms with van der Waals surface area (Å²) < 4.78 is 17.4. The fraction of sp³-hybridized carbons (Fsp3) is 0. The summed E-state index contributed by atoms with van der Waals surface area (Å²) in [7, 11) is -4.47. The van der Waals surface area contributed by atoms with E-state index in [0.717, 1.165) is 32.8 Å². The van der Waals surface area contributed by atoms with E-state index in [-0.39, 0.29) is 5.44 Å². The normalized spacial score (nSPS) is 11.9. The molecule has 0 radical (unpaired) electrons. The number of benzene rings is 3. The Balaban J connectivity index is 1.89. The largest absolute Gasteiger partial charge is 0.464 e. The molecule has 0 saturated heterocycles. The number of rotatable bonds is 3. The fourth-order valence-electron chi connectivity index (χ4n) is 3.64. The summed E-state index contributed by atoms with van der Waals surface area (Å²) in [6, 6.07) is 24.7. The lowest BCUT2D eigenvalue weighted by molar-refractivity contribution is 0.386. The molecule has 6 heteroatoms. The minimum atomic E-state index is -4.47. The van der Waals surface area contributed by atoms with Gasteiger partial charge < -0.3 is 14.2 Å². The van der Waals surface area contributed by atoms with Crippen LogP contribution in [0.4, 0.5) is 0 Å². The molecular formula is C23H16NO4P. The van der Waals surface area contributed by atoms with Gasteiger partial charge in [0.25, 0.3) is 0 Å². The average molecular weight is 401 g/mol. The van der Waals surface area contributed by atoms with Crippen molar-refractivity contribution in [3.8, 4) is 22.5 Å². The molecule has 2 N–H and O–H groups in total. The topological polar surface area (TPSA) is 83.6 Å². The van der Waals surface area contributed by atoms with Crippen molar-refractivity contribution < 1.29 is 18.8 Å². The molecule has 5 nitrogen and oxygen atoms in total. The Morgan fingerprint density at radius 2 is 1.62 bits per heavy atom. The molecule has 2 aromatic heterocycles. The van der Waals surface area contributed by atoms with Gasteiger partial charge in [-0.2, -0.15) is 0 Å². The van der Waals surface area contributed by atoms with Crippen LogP contribution in [0.2, 0.25) is 0 Å². The van der Waals surface area contributed by atoms with Crippen LogP contribution in [-0.4, -0.2) is 14.8 Å². The summed E-state index contributed by atoms with van der Waals surface area (Å²) in [6.45, 7) is 0. The molecular weight excluding hydrogens is 385 g/mol. The van der Waals surface area contributed by atoms with Gasteiger partial charge in [-0.3, -0.25) is 4.57 Å². The van der Waals surface area contributed by atoms with Gasteiger partial charge in [-0.1, -0.05) is 48.5 Å². The third kappa shape index (κ3) is 3.15. The highest BCUT2D eigenvalue weighted by Gasteiger charge is 2.21. The van der Waals surface area contributed by atoms with Crippen LogP contribution in [0.3, 0.4) is 0 Å². The molecule has 142 valence electrons. The highest BCUT2D eigenvalue weighted by molar-refractivity contribution is 7.60. The van der Waals surface area contributed by atoms with Gasteiger partial charge in [0.2, 0.25) is 0 Å². The van der Waals surface area contributed by atoms with Crippen molar-refractivity contribution in [2.75, 3.05) is 0 Å². The monoisotopic (exact) mass is 401 g/mol. The smallest absolute Gasteiger partial charge is 0.374 e.